The van der Waals surface area contributed by atoms with Crippen LogP contribution in [-0.2, 0) is 0 Å². The van der Waals surface area contributed by atoms with E-state index in [2.05, 4.69) is 31.9 Å². The van der Waals surface area contributed by atoms with Crippen molar-refractivity contribution in [3.63, 3.8) is 0 Å². The summed E-state index contributed by atoms with van der Waals surface area (Å²) in [5.41, 5.74) is 6.66. The van der Waals surface area contributed by atoms with E-state index in [1.807, 2.05) is 25.1 Å². The highest BCUT2D eigenvalue weighted by atomic mass is 79.9. The van der Waals surface area contributed by atoms with Crippen molar-refractivity contribution in [1.29, 1.82) is 0 Å². The Morgan fingerprint density at radius 3 is 2.26 bits per heavy atom. The predicted octanol–water partition coefficient (Wildman–Crippen LogP) is 4.41. The van der Waals surface area contributed by atoms with Gasteiger partial charge in [0.25, 0.3) is 5.91 Å². The van der Waals surface area contributed by atoms with E-state index >= 15 is 0 Å². The molecule has 0 heterocycles. The van der Waals surface area contributed by atoms with E-state index in [4.69, 9.17) is 10.5 Å². The summed E-state index contributed by atoms with van der Waals surface area (Å²) in [5.74, 6) is 0.591. The Bertz CT molecular complexity index is 641. The van der Waals surface area contributed by atoms with Gasteiger partial charge in [-0.15, -0.1) is 0 Å². The lowest BCUT2D eigenvalue weighted by molar-refractivity contribution is 0.0998. The van der Waals surface area contributed by atoms with E-state index < -0.39 is 5.91 Å². The molecule has 0 spiro atoms. The second-order valence-corrected chi connectivity index (χ2v) is 5.85. The molecule has 2 rings (SSSR count). The minimum Gasteiger partial charge on any atom is -0.456 e. The highest BCUT2D eigenvalue weighted by Crippen LogP contribution is 2.32. The van der Waals surface area contributed by atoms with Crippen LogP contribution in [-0.4, -0.2) is 5.91 Å². The van der Waals surface area contributed by atoms with Crippen molar-refractivity contribution >= 4 is 37.8 Å². The van der Waals surface area contributed by atoms with Gasteiger partial charge in [-0.2, -0.15) is 0 Å². The second-order valence-electron chi connectivity index (χ2n) is 4.02. The van der Waals surface area contributed by atoms with Crippen LogP contribution in [0.4, 0.5) is 0 Å². The van der Waals surface area contributed by atoms with Crippen LogP contribution >= 0.6 is 31.9 Å². The fraction of sp³-hybridized carbons (Fsp3) is 0.0714. The third-order valence-electron chi connectivity index (χ3n) is 2.58. The van der Waals surface area contributed by atoms with E-state index in [1.165, 1.54) is 0 Å². The number of hydrogen-bond acceptors (Lipinski definition) is 2. The average Bonchev–Trinajstić information content (AvgIpc) is 2.33. The van der Waals surface area contributed by atoms with Gasteiger partial charge in [0.05, 0.1) is 5.56 Å². The minimum atomic E-state index is -0.518. The number of primary amides is 1. The Hall–Kier alpha value is -1.33. The lowest BCUT2D eigenvalue weighted by Crippen LogP contribution is -2.12. The summed E-state index contributed by atoms with van der Waals surface area (Å²) in [6.07, 6.45) is 0. The molecule has 2 aromatic rings. The van der Waals surface area contributed by atoms with Crippen LogP contribution in [0, 0.1) is 6.92 Å². The number of ether oxygens (including phenoxy) is 1. The number of carbonyl (C=O) groups is 1. The zero-order chi connectivity index (χ0) is 14.0. The molecule has 0 fully saturated rings. The first-order valence-electron chi connectivity index (χ1n) is 5.51. The van der Waals surface area contributed by atoms with Crippen LogP contribution in [0.2, 0.25) is 0 Å². The summed E-state index contributed by atoms with van der Waals surface area (Å²) in [4.78, 5) is 11.4. The van der Waals surface area contributed by atoms with Gasteiger partial charge in [0.15, 0.2) is 0 Å². The van der Waals surface area contributed by atoms with Crippen LogP contribution in [0.15, 0.2) is 45.3 Å². The summed E-state index contributed by atoms with van der Waals surface area (Å²) in [6, 6.07) is 10.8. The average molecular weight is 385 g/mol. The summed E-state index contributed by atoms with van der Waals surface area (Å²) in [5, 5.41) is 0. The number of halogens is 2. The molecular formula is C14H11Br2NO2. The van der Waals surface area contributed by atoms with Crippen LogP contribution in [0.25, 0.3) is 0 Å². The monoisotopic (exact) mass is 383 g/mol. The Morgan fingerprint density at radius 1 is 1.05 bits per heavy atom. The summed E-state index contributed by atoms with van der Waals surface area (Å²) in [7, 11) is 0. The fourth-order valence-corrected chi connectivity index (χ4v) is 2.27. The van der Waals surface area contributed by atoms with Gasteiger partial charge in [-0.1, -0.05) is 37.9 Å². The predicted molar refractivity (Wildman–Crippen MR) is 81.6 cm³/mol. The smallest absolute Gasteiger partial charge is 0.252 e. The van der Waals surface area contributed by atoms with Crippen LogP contribution in [0.5, 0.6) is 11.5 Å². The maximum atomic E-state index is 11.4. The molecule has 0 aliphatic rings. The minimum absolute atomic E-state index is 0.350. The Balaban J connectivity index is 2.45. The molecule has 5 heteroatoms. The number of amides is 1. The number of hydrogen-bond donors (Lipinski definition) is 1. The van der Waals surface area contributed by atoms with Crippen molar-refractivity contribution in [3.05, 3.63) is 56.5 Å². The number of carbonyl (C=O) groups excluding carboxylic acids is 1. The molecule has 0 aromatic heterocycles. The summed E-state index contributed by atoms with van der Waals surface area (Å²) >= 11 is 6.74. The summed E-state index contributed by atoms with van der Waals surface area (Å²) < 4.78 is 7.53. The van der Waals surface area contributed by atoms with Crippen molar-refractivity contribution in [2.75, 3.05) is 0 Å². The van der Waals surface area contributed by atoms with Gasteiger partial charge in [-0.3, -0.25) is 4.79 Å². The molecule has 0 aliphatic heterocycles. The van der Waals surface area contributed by atoms with E-state index in [0.717, 1.165) is 14.5 Å². The Labute approximate surface area is 128 Å². The fourth-order valence-electron chi connectivity index (χ4n) is 1.59. The third-order valence-corrected chi connectivity index (χ3v) is 3.57. The van der Waals surface area contributed by atoms with Crippen LogP contribution in [0.1, 0.15) is 15.9 Å². The van der Waals surface area contributed by atoms with Crippen molar-refractivity contribution in [3.8, 4) is 11.5 Å². The van der Waals surface area contributed by atoms with E-state index in [1.54, 1.807) is 18.2 Å². The largest absolute Gasteiger partial charge is 0.456 e. The normalized spacial score (nSPS) is 10.3. The third kappa shape index (κ3) is 3.36. The molecule has 2 aromatic carbocycles. The van der Waals surface area contributed by atoms with E-state index in [-0.39, 0.29) is 0 Å². The first kappa shape index (κ1) is 14.1. The first-order valence-corrected chi connectivity index (χ1v) is 7.09. The van der Waals surface area contributed by atoms with E-state index in [0.29, 0.717) is 17.1 Å². The quantitative estimate of drug-likeness (QED) is 0.851. The molecular weight excluding hydrogens is 374 g/mol. The molecule has 0 aliphatic carbocycles. The molecule has 3 nitrogen and oxygen atoms in total. The van der Waals surface area contributed by atoms with Gasteiger partial charge in [-0.05, 0) is 42.8 Å². The molecule has 0 bridgehead atoms. The lowest BCUT2D eigenvalue weighted by Gasteiger charge is -2.12. The van der Waals surface area contributed by atoms with Gasteiger partial charge in [0, 0.05) is 8.95 Å². The molecule has 2 N–H and O–H groups in total. The Morgan fingerprint density at radius 2 is 1.63 bits per heavy atom. The van der Waals surface area contributed by atoms with E-state index in [9.17, 15) is 4.79 Å². The molecule has 0 radical (unpaired) electrons. The number of aryl methyl sites for hydroxylation is 1. The number of nitrogens with two attached hydrogens (primary N) is 1. The van der Waals surface area contributed by atoms with Crippen LogP contribution < -0.4 is 10.5 Å². The lowest BCUT2D eigenvalue weighted by atomic mass is 10.2. The maximum Gasteiger partial charge on any atom is 0.252 e. The second kappa shape index (κ2) is 5.75. The highest BCUT2D eigenvalue weighted by molar-refractivity contribution is 9.10. The van der Waals surface area contributed by atoms with Gasteiger partial charge in [0.1, 0.15) is 11.5 Å². The van der Waals surface area contributed by atoms with Crippen molar-refractivity contribution in [2.24, 2.45) is 5.73 Å². The molecule has 0 saturated heterocycles. The van der Waals surface area contributed by atoms with Crippen molar-refractivity contribution in [1.82, 2.24) is 0 Å². The standard InChI is InChI=1S/C14H11Br2NO2/c1-8-2-3-9(15)6-12(8)19-13-7-10(16)4-5-11(13)14(17)18/h2-7H,1H3,(H2,17,18). The molecule has 19 heavy (non-hydrogen) atoms. The summed E-state index contributed by atoms with van der Waals surface area (Å²) in [6.45, 7) is 1.93. The topological polar surface area (TPSA) is 52.3 Å². The SMILES string of the molecule is Cc1ccc(Br)cc1Oc1cc(Br)ccc1C(N)=O. The molecule has 0 atom stereocenters. The van der Waals surface area contributed by atoms with Gasteiger partial charge < -0.3 is 10.5 Å². The maximum absolute atomic E-state index is 11.4. The molecule has 98 valence electrons. The van der Waals surface area contributed by atoms with Gasteiger partial charge in [0.2, 0.25) is 0 Å². The Kier molecular flexibility index (Phi) is 4.27. The first-order chi connectivity index (χ1) is 8.97. The van der Waals surface area contributed by atoms with Gasteiger partial charge >= 0.3 is 0 Å². The molecule has 0 saturated carbocycles. The highest BCUT2D eigenvalue weighted by Gasteiger charge is 2.12. The molecule has 1 amide bonds. The molecule has 0 unspecified atom stereocenters. The number of benzene rings is 2. The van der Waals surface area contributed by atoms with Crippen LogP contribution in [0.3, 0.4) is 0 Å². The van der Waals surface area contributed by atoms with Gasteiger partial charge in [-0.25, -0.2) is 0 Å². The number of rotatable bonds is 3. The zero-order valence-electron chi connectivity index (χ0n) is 10.1. The van der Waals surface area contributed by atoms with Crippen molar-refractivity contribution < 1.29 is 9.53 Å². The zero-order valence-corrected chi connectivity index (χ0v) is 13.3. The van der Waals surface area contributed by atoms with Crippen molar-refractivity contribution in [2.45, 2.75) is 6.92 Å².